The highest BCUT2D eigenvalue weighted by Crippen LogP contribution is 2.40. The summed E-state index contributed by atoms with van der Waals surface area (Å²) in [6.45, 7) is 0. The minimum Gasteiger partial charge on any atom is -0.479 e. The zero-order chi connectivity index (χ0) is 14.8. The molecule has 0 heterocycles. The van der Waals surface area contributed by atoms with E-state index >= 15 is 0 Å². The predicted molar refractivity (Wildman–Crippen MR) is 86.6 cm³/mol. The monoisotopic (exact) mass is 345 g/mol. The molecule has 0 aliphatic heterocycles. The Hall–Kier alpha value is -1.81. The number of carbonyl (C=O) groups is 1. The zero-order valence-electron chi connectivity index (χ0n) is 11.4. The van der Waals surface area contributed by atoms with Crippen molar-refractivity contribution in [2.75, 3.05) is 5.32 Å². The van der Waals surface area contributed by atoms with E-state index in [2.05, 4.69) is 27.3 Å². The number of carboxylic acids is 1. The van der Waals surface area contributed by atoms with E-state index in [1.54, 1.807) is 0 Å². The Balaban J connectivity index is 1.87. The van der Waals surface area contributed by atoms with Crippen molar-refractivity contribution in [3.63, 3.8) is 0 Å². The Morgan fingerprint density at radius 1 is 1.19 bits per heavy atom. The van der Waals surface area contributed by atoms with Crippen molar-refractivity contribution in [1.82, 2.24) is 0 Å². The molecule has 2 aromatic rings. The van der Waals surface area contributed by atoms with Gasteiger partial charge in [-0.15, -0.1) is 0 Å². The SMILES string of the molecule is O=C(O)C(Nc1cccc(Br)c1)c1cccc(C2CC2)c1. The summed E-state index contributed by atoms with van der Waals surface area (Å²) in [7, 11) is 0. The van der Waals surface area contributed by atoms with Crippen molar-refractivity contribution in [1.29, 1.82) is 0 Å². The molecule has 3 nitrogen and oxygen atoms in total. The molecule has 2 N–H and O–H groups in total. The maximum atomic E-state index is 11.6. The minimum atomic E-state index is -0.872. The van der Waals surface area contributed by atoms with Crippen molar-refractivity contribution >= 4 is 27.6 Å². The Bertz CT molecular complexity index is 667. The Morgan fingerprint density at radius 2 is 1.95 bits per heavy atom. The van der Waals surface area contributed by atoms with E-state index < -0.39 is 12.0 Å². The Kier molecular flexibility index (Phi) is 3.97. The standard InChI is InChI=1S/C17H16BrNO2/c18-14-5-2-6-15(10-14)19-16(17(20)21)13-4-1-3-12(9-13)11-7-8-11/h1-6,9-11,16,19H,7-8H2,(H,20,21). The molecule has 0 aromatic heterocycles. The van der Waals surface area contributed by atoms with Crippen molar-refractivity contribution in [3.05, 3.63) is 64.1 Å². The molecule has 2 aromatic carbocycles. The van der Waals surface area contributed by atoms with Gasteiger partial charge in [-0.2, -0.15) is 0 Å². The number of benzene rings is 2. The van der Waals surface area contributed by atoms with Crippen molar-refractivity contribution < 1.29 is 9.90 Å². The Labute approximate surface area is 132 Å². The Morgan fingerprint density at radius 3 is 2.62 bits per heavy atom. The van der Waals surface area contributed by atoms with E-state index in [4.69, 9.17) is 0 Å². The smallest absolute Gasteiger partial charge is 0.330 e. The fraction of sp³-hybridized carbons (Fsp3) is 0.235. The summed E-state index contributed by atoms with van der Waals surface area (Å²) in [4.78, 5) is 11.6. The summed E-state index contributed by atoms with van der Waals surface area (Å²) in [5, 5.41) is 12.6. The van der Waals surface area contributed by atoms with Gasteiger partial charge in [0.1, 0.15) is 0 Å². The van der Waals surface area contributed by atoms with Crippen LogP contribution in [-0.2, 0) is 4.79 Å². The summed E-state index contributed by atoms with van der Waals surface area (Å²) >= 11 is 3.40. The van der Waals surface area contributed by atoms with Gasteiger partial charge < -0.3 is 10.4 Å². The molecule has 0 amide bonds. The second-order valence-corrected chi connectivity index (χ2v) is 6.29. The molecule has 4 heteroatoms. The van der Waals surface area contributed by atoms with Crippen LogP contribution in [0.5, 0.6) is 0 Å². The third-order valence-corrected chi connectivity index (χ3v) is 4.17. The number of nitrogens with one attached hydrogen (secondary N) is 1. The van der Waals surface area contributed by atoms with E-state index in [0.29, 0.717) is 5.92 Å². The average Bonchev–Trinajstić information content (AvgIpc) is 3.29. The number of aliphatic carboxylic acids is 1. The van der Waals surface area contributed by atoms with Crippen LogP contribution in [-0.4, -0.2) is 11.1 Å². The fourth-order valence-corrected chi connectivity index (χ4v) is 2.84. The molecular formula is C17H16BrNO2. The van der Waals surface area contributed by atoms with Gasteiger partial charge in [-0.25, -0.2) is 4.79 Å². The predicted octanol–water partition coefficient (Wildman–Crippen LogP) is 4.56. The molecule has 3 rings (SSSR count). The molecule has 1 unspecified atom stereocenters. The van der Waals surface area contributed by atoms with Gasteiger partial charge in [0.15, 0.2) is 6.04 Å². The molecule has 1 saturated carbocycles. The molecule has 108 valence electrons. The van der Waals surface area contributed by atoms with Crippen LogP contribution in [0.2, 0.25) is 0 Å². The van der Waals surface area contributed by atoms with Crippen molar-refractivity contribution in [3.8, 4) is 0 Å². The highest BCUT2D eigenvalue weighted by atomic mass is 79.9. The zero-order valence-corrected chi connectivity index (χ0v) is 13.0. The van der Waals surface area contributed by atoms with E-state index in [1.807, 2.05) is 42.5 Å². The number of hydrogen-bond donors (Lipinski definition) is 2. The van der Waals surface area contributed by atoms with Gasteiger partial charge in [-0.1, -0.05) is 46.3 Å². The highest BCUT2D eigenvalue weighted by molar-refractivity contribution is 9.10. The van der Waals surface area contributed by atoms with Crippen molar-refractivity contribution in [2.45, 2.75) is 24.8 Å². The van der Waals surface area contributed by atoms with Gasteiger partial charge in [0.2, 0.25) is 0 Å². The van der Waals surface area contributed by atoms with E-state index in [0.717, 1.165) is 15.7 Å². The molecule has 0 saturated heterocycles. The van der Waals surface area contributed by atoms with Crippen LogP contribution in [0.3, 0.4) is 0 Å². The first-order chi connectivity index (χ1) is 10.1. The third kappa shape index (κ3) is 3.45. The van der Waals surface area contributed by atoms with Crippen LogP contribution in [0.4, 0.5) is 5.69 Å². The highest BCUT2D eigenvalue weighted by Gasteiger charge is 2.26. The molecule has 1 aliphatic carbocycles. The van der Waals surface area contributed by atoms with Gasteiger partial charge in [0.25, 0.3) is 0 Å². The van der Waals surface area contributed by atoms with Gasteiger partial charge in [-0.05, 0) is 48.1 Å². The second-order valence-electron chi connectivity index (χ2n) is 5.37. The van der Waals surface area contributed by atoms with Crippen LogP contribution in [0.15, 0.2) is 53.0 Å². The molecule has 1 aliphatic rings. The summed E-state index contributed by atoms with van der Waals surface area (Å²) < 4.78 is 0.920. The largest absolute Gasteiger partial charge is 0.479 e. The molecule has 0 radical (unpaired) electrons. The molecule has 21 heavy (non-hydrogen) atoms. The summed E-state index contributed by atoms with van der Waals surface area (Å²) in [6, 6.07) is 14.7. The van der Waals surface area contributed by atoms with Crippen LogP contribution in [0.1, 0.15) is 35.9 Å². The number of halogens is 1. The maximum Gasteiger partial charge on any atom is 0.330 e. The van der Waals surface area contributed by atoms with Crippen molar-refractivity contribution in [2.24, 2.45) is 0 Å². The number of hydrogen-bond acceptors (Lipinski definition) is 2. The number of rotatable bonds is 5. The lowest BCUT2D eigenvalue weighted by atomic mass is 10.0. The minimum absolute atomic E-state index is 0.616. The quantitative estimate of drug-likeness (QED) is 0.834. The normalized spacial score (nSPS) is 15.5. The molecule has 0 spiro atoms. The second kappa shape index (κ2) is 5.90. The number of carboxylic acid groups (broad SMARTS) is 1. The summed E-state index contributed by atoms with van der Waals surface area (Å²) in [6.07, 6.45) is 2.42. The topological polar surface area (TPSA) is 49.3 Å². The lowest BCUT2D eigenvalue weighted by molar-refractivity contribution is -0.138. The molecule has 0 bridgehead atoms. The first kappa shape index (κ1) is 14.1. The van der Waals surface area contributed by atoms with Gasteiger partial charge in [0.05, 0.1) is 0 Å². The third-order valence-electron chi connectivity index (χ3n) is 3.68. The summed E-state index contributed by atoms with van der Waals surface area (Å²) in [5.41, 5.74) is 2.83. The molecule has 1 atom stereocenters. The average molecular weight is 346 g/mol. The van der Waals surface area contributed by atoms with E-state index in [-0.39, 0.29) is 0 Å². The first-order valence-corrected chi connectivity index (χ1v) is 7.77. The van der Waals surface area contributed by atoms with E-state index in [9.17, 15) is 9.90 Å². The van der Waals surface area contributed by atoms with Crippen LogP contribution < -0.4 is 5.32 Å². The van der Waals surface area contributed by atoms with Crippen LogP contribution in [0.25, 0.3) is 0 Å². The lowest BCUT2D eigenvalue weighted by Gasteiger charge is -2.17. The fourth-order valence-electron chi connectivity index (χ4n) is 2.44. The molecular weight excluding hydrogens is 330 g/mol. The van der Waals surface area contributed by atoms with E-state index in [1.165, 1.54) is 18.4 Å². The molecule has 1 fully saturated rings. The first-order valence-electron chi connectivity index (χ1n) is 6.98. The lowest BCUT2D eigenvalue weighted by Crippen LogP contribution is -2.20. The van der Waals surface area contributed by atoms with Gasteiger partial charge >= 0.3 is 5.97 Å². The van der Waals surface area contributed by atoms with Gasteiger partial charge in [0, 0.05) is 10.2 Å². The van der Waals surface area contributed by atoms with Crippen LogP contribution >= 0.6 is 15.9 Å². The van der Waals surface area contributed by atoms with Crippen LogP contribution in [0, 0.1) is 0 Å². The van der Waals surface area contributed by atoms with Gasteiger partial charge in [-0.3, -0.25) is 0 Å². The summed E-state index contributed by atoms with van der Waals surface area (Å²) in [5.74, 6) is -0.256. The maximum absolute atomic E-state index is 11.6. The number of anilines is 1.